The summed E-state index contributed by atoms with van der Waals surface area (Å²) in [5, 5.41) is 3.79. The Bertz CT molecular complexity index is 470. The van der Waals surface area contributed by atoms with Crippen LogP contribution in [0, 0.1) is 6.92 Å². The van der Waals surface area contributed by atoms with E-state index in [1.807, 2.05) is 0 Å². The summed E-state index contributed by atoms with van der Waals surface area (Å²) < 4.78 is 1.13. The van der Waals surface area contributed by atoms with Gasteiger partial charge in [-0.05, 0) is 56.5 Å². The first-order valence-corrected chi connectivity index (χ1v) is 8.42. The van der Waals surface area contributed by atoms with Gasteiger partial charge in [-0.15, -0.1) is 0 Å². The van der Waals surface area contributed by atoms with Gasteiger partial charge in [0, 0.05) is 29.3 Å². The molecule has 0 saturated carbocycles. The Hall–Kier alpha value is -0.580. The van der Waals surface area contributed by atoms with Crippen LogP contribution in [0.5, 0.6) is 0 Å². The minimum atomic E-state index is 0.0493. The zero-order valence-electron chi connectivity index (χ0n) is 12.2. The lowest BCUT2D eigenvalue weighted by atomic mass is 9.85. The quantitative estimate of drug-likeness (QED) is 0.890. The SMILES string of the molecule is Cc1cc(Br)cc(NC2(CN)CCN3CCCCC32)c1. The predicted octanol–water partition coefficient (Wildman–Crippen LogP) is 3.13. The number of hydrogen-bond donors (Lipinski definition) is 2. The predicted molar refractivity (Wildman–Crippen MR) is 88.1 cm³/mol. The first-order valence-electron chi connectivity index (χ1n) is 7.62. The second-order valence-electron chi connectivity index (χ2n) is 6.30. The summed E-state index contributed by atoms with van der Waals surface area (Å²) in [6, 6.07) is 7.12. The molecule has 1 aromatic carbocycles. The molecule has 3 rings (SSSR count). The first kappa shape index (κ1) is 14.4. The van der Waals surface area contributed by atoms with Crippen LogP contribution in [0.15, 0.2) is 22.7 Å². The summed E-state index contributed by atoms with van der Waals surface area (Å²) in [5.41, 5.74) is 8.71. The number of nitrogens with one attached hydrogen (secondary N) is 1. The van der Waals surface area contributed by atoms with Gasteiger partial charge < -0.3 is 11.1 Å². The first-order chi connectivity index (χ1) is 9.63. The zero-order chi connectivity index (χ0) is 14.2. The Morgan fingerprint density at radius 3 is 2.95 bits per heavy atom. The molecule has 2 fully saturated rings. The number of piperidine rings is 1. The lowest BCUT2D eigenvalue weighted by Gasteiger charge is -2.41. The largest absolute Gasteiger partial charge is 0.377 e. The van der Waals surface area contributed by atoms with Crippen molar-refractivity contribution in [3.8, 4) is 0 Å². The Kier molecular flexibility index (Phi) is 4.07. The Balaban J connectivity index is 1.85. The van der Waals surface area contributed by atoms with E-state index in [9.17, 15) is 0 Å². The maximum absolute atomic E-state index is 6.20. The van der Waals surface area contributed by atoms with Crippen molar-refractivity contribution in [2.45, 2.75) is 44.2 Å². The van der Waals surface area contributed by atoms with Gasteiger partial charge in [0.1, 0.15) is 0 Å². The molecule has 0 aromatic heterocycles. The zero-order valence-corrected chi connectivity index (χ0v) is 13.7. The molecule has 2 aliphatic heterocycles. The van der Waals surface area contributed by atoms with Gasteiger partial charge in [-0.1, -0.05) is 22.4 Å². The van der Waals surface area contributed by atoms with Gasteiger partial charge in [0.25, 0.3) is 0 Å². The van der Waals surface area contributed by atoms with Crippen molar-refractivity contribution in [3.63, 3.8) is 0 Å². The molecule has 4 heteroatoms. The summed E-state index contributed by atoms with van der Waals surface area (Å²) in [6.07, 6.45) is 5.10. The monoisotopic (exact) mass is 337 g/mol. The fourth-order valence-corrected chi connectivity index (χ4v) is 4.53. The summed E-state index contributed by atoms with van der Waals surface area (Å²) in [7, 11) is 0. The maximum Gasteiger partial charge on any atom is 0.0662 e. The number of rotatable bonds is 3. The highest BCUT2D eigenvalue weighted by Crippen LogP contribution is 2.37. The average Bonchev–Trinajstić information content (AvgIpc) is 2.78. The van der Waals surface area contributed by atoms with Crippen LogP contribution in [0.25, 0.3) is 0 Å². The van der Waals surface area contributed by atoms with Crippen molar-refractivity contribution in [3.05, 3.63) is 28.2 Å². The van der Waals surface area contributed by atoms with E-state index in [0.29, 0.717) is 12.6 Å². The average molecular weight is 338 g/mol. The molecule has 0 bridgehead atoms. The van der Waals surface area contributed by atoms with Crippen molar-refractivity contribution in [1.29, 1.82) is 0 Å². The normalized spacial score (nSPS) is 30.2. The van der Waals surface area contributed by atoms with Crippen LogP contribution in [0.2, 0.25) is 0 Å². The molecule has 2 aliphatic rings. The molecule has 0 radical (unpaired) electrons. The molecule has 1 aromatic rings. The lowest BCUT2D eigenvalue weighted by molar-refractivity contribution is 0.167. The number of halogens is 1. The van der Waals surface area contributed by atoms with Gasteiger partial charge in [-0.3, -0.25) is 4.90 Å². The molecule has 3 N–H and O–H groups in total. The molecular formula is C16H24BrN3. The highest BCUT2D eigenvalue weighted by molar-refractivity contribution is 9.10. The van der Waals surface area contributed by atoms with Gasteiger partial charge in [-0.25, -0.2) is 0 Å². The third-order valence-electron chi connectivity index (χ3n) is 4.90. The van der Waals surface area contributed by atoms with Crippen LogP contribution >= 0.6 is 15.9 Å². The molecule has 2 heterocycles. The third kappa shape index (κ3) is 2.61. The summed E-state index contributed by atoms with van der Waals surface area (Å²) in [5.74, 6) is 0. The second kappa shape index (κ2) is 5.66. The highest BCUT2D eigenvalue weighted by Gasteiger charge is 2.47. The van der Waals surface area contributed by atoms with Crippen molar-refractivity contribution < 1.29 is 0 Å². The molecular weight excluding hydrogens is 314 g/mol. The maximum atomic E-state index is 6.20. The summed E-state index contributed by atoms with van der Waals surface area (Å²) >= 11 is 3.59. The number of anilines is 1. The Morgan fingerprint density at radius 2 is 2.20 bits per heavy atom. The van der Waals surface area contributed by atoms with Crippen LogP contribution in [-0.2, 0) is 0 Å². The standard InChI is InChI=1S/C16H24BrN3/c1-12-8-13(17)10-14(9-12)19-16(11-18)5-7-20-6-3-2-4-15(16)20/h8-10,15,19H,2-7,11,18H2,1H3. The van der Waals surface area contributed by atoms with E-state index in [2.05, 4.69) is 51.3 Å². The molecule has 2 unspecified atom stereocenters. The Morgan fingerprint density at radius 1 is 1.35 bits per heavy atom. The number of fused-ring (bicyclic) bond motifs is 1. The van der Waals surface area contributed by atoms with Crippen molar-refractivity contribution in [2.75, 3.05) is 25.0 Å². The van der Waals surface area contributed by atoms with E-state index in [1.54, 1.807) is 0 Å². The number of aryl methyl sites for hydroxylation is 1. The lowest BCUT2D eigenvalue weighted by Crippen LogP contribution is -2.56. The molecule has 0 amide bonds. The number of nitrogens with two attached hydrogens (primary N) is 1. The van der Waals surface area contributed by atoms with Gasteiger partial charge in [-0.2, -0.15) is 0 Å². The van der Waals surface area contributed by atoms with Crippen LogP contribution in [0.1, 0.15) is 31.2 Å². The molecule has 110 valence electrons. The van der Waals surface area contributed by atoms with Crippen molar-refractivity contribution in [1.82, 2.24) is 4.90 Å². The number of benzene rings is 1. The van der Waals surface area contributed by atoms with Crippen LogP contribution in [-0.4, -0.2) is 36.1 Å². The van der Waals surface area contributed by atoms with Crippen molar-refractivity contribution in [2.24, 2.45) is 5.73 Å². The molecule has 3 nitrogen and oxygen atoms in total. The second-order valence-corrected chi connectivity index (χ2v) is 7.22. The van der Waals surface area contributed by atoms with E-state index in [0.717, 1.165) is 10.9 Å². The van der Waals surface area contributed by atoms with Crippen LogP contribution < -0.4 is 11.1 Å². The van der Waals surface area contributed by atoms with Gasteiger partial charge in [0.2, 0.25) is 0 Å². The van der Waals surface area contributed by atoms with Gasteiger partial charge >= 0.3 is 0 Å². The highest BCUT2D eigenvalue weighted by atomic mass is 79.9. The molecule has 20 heavy (non-hydrogen) atoms. The van der Waals surface area contributed by atoms with Gasteiger partial charge in [0.05, 0.1) is 5.54 Å². The fourth-order valence-electron chi connectivity index (χ4n) is 3.93. The molecule has 2 saturated heterocycles. The van der Waals surface area contributed by atoms with E-state index in [1.165, 1.54) is 43.6 Å². The Labute approximate surface area is 130 Å². The van der Waals surface area contributed by atoms with Crippen LogP contribution in [0.3, 0.4) is 0 Å². The summed E-state index contributed by atoms with van der Waals surface area (Å²) in [4.78, 5) is 2.63. The minimum absolute atomic E-state index is 0.0493. The topological polar surface area (TPSA) is 41.3 Å². The van der Waals surface area contributed by atoms with E-state index < -0.39 is 0 Å². The van der Waals surface area contributed by atoms with E-state index in [4.69, 9.17) is 5.73 Å². The smallest absolute Gasteiger partial charge is 0.0662 e. The van der Waals surface area contributed by atoms with E-state index >= 15 is 0 Å². The molecule has 2 atom stereocenters. The molecule has 0 spiro atoms. The van der Waals surface area contributed by atoms with Crippen LogP contribution in [0.4, 0.5) is 5.69 Å². The van der Waals surface area contributed by atoms with Gasteiger partial charge in [0.15, 0.2) is 0 Å². The molecule has 0 aliphatic carbocycles. The third-order valence-corrected chi connectivity index (χ3v) is 5.35. The number of nitrogens with zero attached hydrogens (tertiary/aromatic N) is 1. The fraction of sp³-hybridized carbons (Fsp3) is 0.625. The van der Waals surface area contributed by atoms with E-state index in [-0.39, 0.29) is 5.54 Å². The number of hydrogen-bond acceptors (Lipinski definition) is 3. The minimum Gasteiger partial charge on any atom is -0.377 e. The van der Waals surface area contributed by atoms with Crippen molar-refractivity contribution >= 4 is 21.6 Å². The summed E-state index contributed by atoms with van der Waals surface area (Å²) in [6.45, 7) is 5.26.